The smallest absolute Gasteiger partial charge is 0.233 e. The minimum Gasteiger partial charge on any atom is -0.351 e. The van der Waals surface area contributed by atoms with Gasteiger partial charge in [-0.25, -0.2) is 0 Å². The Bertz CT molecular complexity index is 574. The van der Waals surface area contributed by atoms with E-state index in [0.717, 1.165) is 10.5 Å². The van der Waals surface area contributed by atoms with E-state index in [4.69, 9.17) is 11.6 Å². The largest absolute Gasteiger partial charge is 0.351 e. The van der Waals surface area contributed by atoms with Gasteiger partial charge in [-0.15, -0.1) is 11.8 Å². The van der Waals surface area contributed by atoms with E-state index >= 15 is 0 Å². The predicted octanol–water partition coefficient (Wildman–Crippen LogP) is 4.14. The topological polar surface area (TPSA) is 29.1 Å². The second kappa shape index (κ2) is 7.36. The van der Waals surface area contributed by atoms with Crippen molar-refractivity contribution in [2.75, 3.05) is 0 Å². The predicted molar refractivity (Wildman–Crippen MR) is 85.1 cm³/mol. The molecule has 1 atom stereocenters. The Kier molecular flexibility index (Phi) is 5.50. The molecule has 0 aromatic heterocycles. The lowest BCUT2D eigenvalue weighted by Crippen LogP contribution is -2.30. The zero-order valence-electron chi connectivity index (χ0n) is 11.2. The lowest BCUT2D eigenvalue weighted by atomic mass is 10.2. The van der Waals surface area contributed by atoms with Crippen molar-refractivity contribution in [1.82, 2.24) is 5.32 Å². The molecule has 0 saturated heterocycles. The van der Waals surface area contributed by atoms with E-state index in [2.05, 4.69) is 5.32 Å². The maximum absolute atomic E-state index is 12.1. The van der Waals surface area contributed by atoms with Crippen LogP contribution >= 0.6 is 23.4 Å². The molecule has 0 saturated carbocycles. The van der Waals surface area contributed by atoms with Crippen molar-refractivity contribution < 1.29 is 4.79 Å². The first-order valence-corrected chi connectivity index (χ1v) is 7.65. The Morgan fingerprint density at radius 2 is 1.80 bits per heavy atom. The van der Waals surface area contributed by atoms with E-state index in [1.165, 1.54) is 11.8 Å². The van der Waals surface area contributed by atoms with E-state index in [1.807, 2.05) is 61.5 Å². The number of benzene rings is 2. The summed E-state index contributed by atoms with van der Waals surface area (Å²) in [5.74, 6) is 0.0128. The molecule has 2 rings (SSSR count). The highest BCUT2D eigenvalue weighted by molar-refractivity contribution is 8.00. The number of halogens is 1. The molecule has 1 N–H and O–H groups in total. The van der Waals surface area contributed by atoms with Gasteiger partial charge in [-0.05, 0) is 24.6 Å². The zero-order valence-corrected chi connectivity index (χ0v) is 12.7. The third-order valence-electron chi connectivity index (χ3n) is 2.82. The van der Waals surface area contributed by atoms with E-state index in [1.54, 1.807) is 0 Å². The van der Waals surface area contributed by atoms with Crippen LogP contribution in [-0.4, -0.2) is 11.2 Å². The molecule has 0 unspecified atom stereocenters. The van der Waals surface area contributed by atoms with E-state index < -0.39 is 0 Å². The molecule has 4 heteroatoms. The highest BCUT2D eigenvalue weighted by Gasteiger charge is 2.15. The fourth-order valence-electron chi connectivity index (χ4n) is 1.71. The van der Waals surface area contributed by atoms with Crippen LogP contribution in [0.5, 0.6) is 0 Å². The molecule has 2 aromatic carbocycles. The maximum atomic E-state index is 12.1. The molecule has 0 aliphatic carbocycles. The van der Waals surface area contributed by atoms with Gasteiger partial charge in [-0.1, -0.05) is 54.1 Å². The van der Waals surface area contributed by atoms with E-state index in [0.29, 0.717) is 11.6 Å². The highest BCUT2D eigenvalue weighted by atomic mass is 35.5. The van der Waals surface area contributed by atoms with Crippen LogP contribution in [0.15, 0.2) is 59.5 Å². The second-order valence-electron chi connectivity index (χ2n) is 4.39. The van der Waals surface area contributed by atoms with Crippen molar-refractivity contribution in [3.63, 3.8) is 0 Å². The summed E-state index contributed by atoms with van der Waals surface area (Å²) in [5, 5.41) is 3.43. The number of carbonyl (C=O) groups excluding carboxylic acids is 1. The lowest BCUT2D eigenvalue weighted by molar-refractivity contribution is -0.120. The molecule has 20 heavy (non-hydrogen) atoms. The SMILES string of the molecule is C[C@H](Sc1ccccc1Cl)C(=O)NCc1ccccc1. The molecule has 0 bridgehead atoms. The normalized spacial score (nSPS) is 11.9. The molecular formula is C16H16ClNOS. The third-order valence-corrected chi connectivity index (χ3v) is 4.44. The Morgan fingerprint density at radius 3 is 2.50 bits per heavy atom. The number of hydrogen-bond acceptors (Lipinski definition) is 2. The molecule has 2 aromatic rings. The summed E-state index contributed by atoms with van der Waals surface area (Å²) in [4.78, 5) is 13.0. The molecule has 0 aliphatic heterocycles. The number of amides is 1. The lowest BCUT2D eigenvalue weighted by Gasteiger charge is -2.12. The molecule has 0 fully saturated rings. The van der Waals surface area contributed by atoms with E-state index in [-0.39, 0.29) is 11.2 Å². The van der Waals surface area contributed by atoms with Crippen LogP contribution in [0.1, 0.15) is 12.5 Å². The summed E-state index contributed by atoms with van der Waals surface area (Å²) in [6.07, 6.45) is 0. The van der Waals surface area contributed by atoms with Gasteiger partial charge in [-0.2, -0.15) is 0 Å². The van der Waals surface area contributed by atoms with Gasteiger partial charge in [0.25, 0.3) is 0 Å². The molecule has 2 nitrogen and oxygen atoms in total. The zero-order chi connectivity index (χ0) is 14.4. The van der Waals surface area contributed by atoms with Crippen LogP contribution in [0, 0.1) is 0 Å². The quantitative estimate of drug-likeness (QED) is 0.841. The van der Waals surface area contributed by atoms with E-state index in [9.17, 15) is 4.79 Å². The van der Waals surface area contributed by atoms with Crippen LogP contribution in [0.3, 0.4) is 0 Å². The molecular weight excluding hydrogens is 290 g/mol. The molecule has 0 heterocycles. The number of nitrogens with one attached hydrogen (secondary N) is 1. The van der Waals surface area contributed by atoms with Crippen molar-refractivity contribution in [2.45, 2.75) is 23.6 Å². The summed E-state index contributed by atoms with van der Waals surface area (Å²) < 4.78 is 0. The van der Waals surface area contributed by atoms with Crippen LogP contribution in [0.25, 0.3) is 0 Å². The Balaban J connectivity index is 1.88. The van der Waals surface area contributed by atoms with Crippen LogP contribution in [0.2, 0.25) is 5.02 Å². The van der Waals surface area contributed by atoms with Gasteiger partial charge in [0.15, 0.2) is 0 Å². The fourth-order valence-corrected chi connectivity index (χ4v) is 2.89. The second-order valence-corrected chi connectivity index (χ2v) is 6.18. The van der Waals surface area contributed by atoms with Gasteiger partial charge < -0.3 is 5.32 Å². The van der Waals surface area contributed by atoms with Gasteiger partial charge in [0.1, 0.15) is 0 Å². The average molecular weight is 306 g/mol. The summed E-state index contributed by atoms with van der Waals surface area (Å²) >= 11 is 7.56. The fraction of sp³-hybridized carbons (Fsp3) is 0.188. The molecule has 104 valence electrons. The third kappa shape index (κ3) is 4.29. The summed E-state index contributed by atoms with van der Waals surface area (Å²) in [6, 6.07) is 17.4. The Labute approximate surface area is 128 Å². The first-order valence-electron chi connectivity index (χ1n) is 6.39. The number of rotatable bonds is 5. The molecule has 0 spiro atoms. The maximum Gasteiger partial charge on any atom is 0.233 e. The van der Waals surface area contributed by atoms with Gasteiger partial charge in [0.2, 0.25) is 5.91 Å². The number of carbonyl (C=O) groups is 1. The average Bonchev–Trinajstić information content (AvgIpc) is 2.48. The van der Waals surface area contributed by atoms with Crippen molar-refractivity contribution in [3.05, 3.63) is 65.2 Å². The Hall–Kier alpha value is -1.45. The van der Waals surface area contributed by atoms with Crippen molar-refractivity contribution in [1.29, 1.82) is 0 Å². The molecule has 0 aliphatic rings. The van der Waals surface area contributed by atoms with Gasteiger partial charge in [0, 0.05) is 11.4 Å². The standard InChI is InChI=1S/C16H16ClNOS/c1-12(20-15-10-6-5-9-14(15)17)16(19)18-11-13-7-3-2-4-8-13/h2-10,12H,11H2,1H3,(H,18,19)/t12-/m0/s1. The van der Waals surface area contributed by atoms with Crippen molar-refractivity contribution >= 4 is 29.3 Å². The van der Waals surface area contributed by atoms with Crippen molar-refractivity contribution in [3.8, 4) is 0 Å². The minimum absolute atomic E-state index is 0.0128. The molecule has 1 amide bonds. The number of hydrogen-bond donors (Lipinski definition) is 1. The monoisotopic (exact) mass is 305 g/mol. The summed E-state index contributed by atoms with van der Waals surface area (Å²) in [6.45, 7) is 2.43. The van der Waals surface area contributed by atoms with Gasteiger partial charge in [-0.3, -0.25) is 4.79 Å². The first kappa shape index (κ1) is 14.9. The van der Waals surface area contributed by atoms with Crippen LogP contribution in [-0.2, 0) is 11.3 Å². The summed E-state index contributed by atoms with van der Waals surface area (Å²) in [5.41, 5.74) is 1.09. The van der Waals surface area contributed by atoms with Crippen molar-refractivity contribution in [2.24, 2.45) is 0 Å². The molecule has 0 radical (unpaired) electrons. The highest BCUT2D eigenvalue weighted by Crippen LogP contribution is 2.29. The van der Waals surface area contributed by atoms with Crippen LogP contribution in [0.4, 0.5) is 0 Å². The first-order chi connectivity index (χ1) is 9.66. The number of thioether (sulfide) groups is 1. The summed E-state index contributed by atoms with van der Waals surface area (Å²) in [7, 11) is 0. The van der Waals surface area contributed by atoms with Gasteiger partial charge >= 0.3 is 0 Å². The van der Waals surface area contributed by atoms with Gasteiger partial charge in [0.05, 0.1) is 10.3 Å². The van der Waals surface area contributed by atoms with Crippen LogP contribution < -0.4 is 5.32 Å². The minimum atomic E-state index is -0.182. The Morgan fingerprint density at radius 1 is 1.15 bits per heavy atom.